The largest absolute Gasteiger partial charge is 0.496 e. The van der Waals surface area contributed by atoms with E-state index >= 15 is 0 Å². The van der Waals surface area contributed by atoms with Gasteiger partial charge in [0, 0.05) is 44.7 Å². The average Bonchev–Trinajstić information content (AvgIpc) is 2.56. The average molecular weight is 396 g/mol. The Morgan fingerprint density at radius 1 is 1.24 bits per heavy atom. The number of rotatable bonds is 7. The Morgan fingerprint density at radius 2 is 1.92 bits per heavy atom. The number of benzene rings is 1. The van der Waals surface area contributed by atoms with Gasteiger partial charge in [0.1, 0.15) is 11.6 Å². The number of hydrogen-bond acceptors (Lipinski definition) is 4. The fourth-order valence-electron chi connectivity index (χ4n) is 2.84. The summed E-state index contributed by atoms with van der Waals surface area (Å²) in [5.74, 6) is 0.680. The monoisotopic (exact) mass is 395 g/mol. The lowest BCUT2D eigenvalue weighted by molar-refractivity contribution is -0.133. The number of methoxy groups -OCH3 is 1. The van der Waals surface area contributed by atoms with Gasteiger partial charge >= 0.3 is 0 Å². The molecule has 0 aliphatic carbocycles. The second-order valence-electron chi connectivity index (χ2n) is 5.82. The van der Waals surface area contributed by atoms with Gasteiger partial charge in [-0.15, -0.1) is 24.8 Å². The Kier molecular flexibility index (Phi) is 11.8. The maximum absolute atomic E-state index is 13.4. The number of nitrogens with one attached hydrogen (secondary N) is 1. The molecule has 0 saturated carbocycles. The van der Waals surface area contributed by atoms with Crippen LogP contribution in [0.4, 0.5) is 4.39 Å². The maximum atomic E-state index is 13.4. The topological polar surface area (TPSA) is 44.8 Å². The van der Waals surface area contributed by atoms with Gasteiger partial charge in [0.25, 0.3) is 0 Å². The molecule has 0 radical (unpaired) electrons. The number of nitrogens with zero attached hydrogens (tertiary/aromatic N) is 2. The van der Waals surface area contributed by atoms with E-state index in [0.717, 1.165) is 44.7 Å². The van der Waals surface area contributed by atoms with Crippen molar-refractivity contribution in [2.45, 2.75) is 19.4 Å². The number of halogens is 3. The number of hydrogen-bond donors (Lipinski definition) is 1. The summed E-state index contributed by atoms with van der Waals surface area (Å²) in [4.78, 5) is 16.2. The predicted octanol–water partition coefficient (Wildman–Crippen LogP) is 2.32. The number of carbonyl (C=O) groups is 1. The maximum Gasteiger partial charge on any atom is 0.222 e. The van der Waals surface area contributed by atoms with Gasteiger partial charge < -0.3 is 15.0 Å². The van der Waals surface area contributed by atoms with Crippen LogP contribution in [0.5, 0.6) is 5.75 Å². The van der Waals surface area contributed by atoms with Crippen molar-refractivity contribution in [3.8, 4) is 5.75 Å². The molecule has 1 amide bonds. The molecule has 2 rings (SSSR count). The molecule has 1 heterocycles. The lowest BCUT2D eigenvalue weighted by Gasteiger charge is -2.35. The van der Waals surface area contributed by atoms with E-state index in [0.29, 0.717) is 18.7 Å². The molecule has 0 unspecified atom stereocenters. The molecule has 1 N–H and O–H groups in total. The molecular formula is C17H28Cl2FN3O2. The van der Waals surface area contributed by atoms with Crippen molar-refractivity contribution >= 4 is 30.7 Å². The number of ether oxygens (including phenoxy) is 1. The summed E-state index contributed by atoms with van der Waals surface area (Å²) in [7, 11) is 3.49. The van der Waals surface area contributed by atoms with E-state index in [2.05, 4.69) is 10.2 Å². The normalized spacial score (nSPS) is 14.4. The fourth-order valence-corrected chi connectivity index (χ4v) is 2.84. The quantitative estimate of drug-likeness (QED) is 0.719. The summed E-state index contributed by atoms with van der Waals surface area (Å²) in [6, 6.07) is 4.59. The molecule has 1 aromatic carbocycles. The fraction of sp³-hybridized carbons (Fsp3) is 0.588. The van der Waals surface area contributed by atoms with E-state index in [4.69, 9.17) is 4.74 Å². The Balaban J connectivity index is 0.00000288. The van der Waals surface area contributed by atoms with Crippen molar-refractivity contribution in [1.29, 1.82) is 0 Å². The highest BCUT2D eigenvalue weighted by Crippen LogP contribution is 2.21. The van der Waals surface area contributed by atoms with E-state index in [9.17, 15) is 9.18 Å². The van der Waals surface area contributed by atoms with Crippen LogP contribution in [0, 0.1) is 5.82 Å². The van der Waals surface area contributed by atoms with Crippen LogP contribution in [0.3, 0.4) is 0 Å². The van der Waals surface area contributed by atoms with Gasteiger partial charge in [0.05, 0.1) is 7.11 Å². The van der Waals surface area contributed by atoms with Gasteiger partial charge in [-0.3, -0.25) is 9.69 Å². The first-order valence-corrected chi connectivity index (χ1v) is 8.11. The third-order valence-electron chi connectivity index (χ3n) is 4.18. The number of carbonyl (C=O) groups excluding carboxylic acids is 1. The minimum atomic E-state index is -0.251. The Hall–Kier alpha value is -1.08. The third kappa shape index (κ3) is 7.36. The number of piperazine rings is 1. The number of amides is 1. The van der Waals surface area contributed by atoms with Crippen LogP contribution < -0.4 is 10.1 Å². The molecule has 0 atom stereocenters. The first kappa shape index (κ1) is 23.9. The van der Waals surface area contributed by atoms with Gasteiger partial charge in [0.2, 0.25) is 5.91 Å². The van der Waals surface area contributed by atoms with Gasteiger partial charge in [-0.1, -0.05) is 0 Å². The highest BCUT2D eigenvalue weighted by Gasteiger charge is 2.21. The standard InChI is InChI=1S/C17H26FN3O2.2ClH/c1-19-7-3-4-17(22)21-10-8-20(9-11-21)13-14-12-15(18)5-6-16(14)23-2;;/h5-6,12,19H,3-4,7-11,13H2,1-2H3;2*1H. The molecule has 144 valence electrons. The second kappa shape index (κ2) is 12.3. The summed E-state index contributed by atoms with van der Waals surface area (Å²) >= 11 is 0. The molecular weight excluding hydrogens is 368 g/mol. The molecule has 0 bridgehead atoms. The molecule has 5 nitrogen and oxygen atoms in total. The van der Waals surface area contributed by atoms with Crippen LogP contribution in [-0.4, -0.2) is 62.6 Å². The highest BCUT2D eigenvalue weighted by atomic mass is 35.5. The molecule has 1 fully saturated rings. The van der Waals surface area contributed by atoms with Gasteiger partial charge in [-0.2, -0.15) is 0 Å². The molecule has 1 aliphatic heterocycles. The van der Waals surface area contributed by atoms with Crippen LogP contribution in [0.1, 0.15) is 18.4 Å². The summed E-state index contributed by atoms with van der Waals surface area (Å²) < 4.78 is 18.7. The van der Waals surface area contributed by atoms with Crippen molar-refractivity contribution in [3.63, 3.8) is 0 Å². The smallest absolute Gasteiger partial charge is 0.222 e. The zero-order chi connectivity index (χ0) is 16.7. The molecule has 8 heteroatoms. The third-order valence-corrected chi connectivity index (χ3v) is 4.18. The van der Waals surface area contributed by atoms with Crippen LogP contribution in [0.25, 0.3) is 0 Å². The molecule has 1 aliphatic rings. The van der Waals surface area contributed by atoms with Gasteiger partial charge in [0.15, 0.2) is 0 Å². The van der Waals surface area contributed by atoms with Crippen LogP contribution in [-0.2, 0) is 11.3 Å². The Labute approximate surface area is 161 Å². The van der Waals surface area contributed by atoms with E-state index in [1.54, 1.807) is 13.2 Å². The highest BCUT2D eigenvalue weighted by molar-refractivity contribution is 5.85. The Bertz CT molecular complexity index is 527. The van der Waals surface area contributed by atoms with E-state index in [1.165, 1.54) is 12.1 Å². The molecule has 0 spiro atoms. The molecule has 1 saturated heterocycles. The molecule has 0 aromatic heterocycles. The van der Waals surface area contributed by atoms with Crippen molar-refractivity contribution < 1.29 is 13.9 Å². The lowest BCUT2D eigenvalue weighted by Crippen LogP contribution is -2.48. The second-order valence-corrected chi connectivity index (χ2v) is 5.82. The van der Waals surface area contributed by atoms with E-state index in [-0.39, 0.29) is 36.5 Å². The lowest BCUT2D eigenvalue weighted by atomic mass is 10.1. The minimum Gasteiger partial charge on any atom is -0.496 e. The van der Waals surface area contributed by atoms with Crippen molar-refractivity contribution in [2.75, 3.05) is 46.9 Å². The van der Waals surface area contributed by atoms with Crippen molar-refractivity contribution in [1.82, 2.24) is 15.1 Å². The van der Waals surface area contributed by atoms with Crippen molar-refractivity contribution in [2.24, 2.45) is 0 Å². The summed E-state index contributed by atoms with van der Waals surface area (Å²) in [6.45, 7) is 4.58. The molecule has 1 aromatic rings. The first-order chi connectivity index (χ1) is 11.1. The minimum absolute atomic E-state index is 0. The van der Waals surface area contributed by atoms with Crippen LogP contribution in [0.2, 0.25) is 0 Å². The summed E-state index contributed by atoms with van der Waals surface area (Å²) in [6.07, 6.45) is 1.47. The summed E-state index contributed by atoms with van der Waals surface area (Å²) in [5.41, 5.74) is 0.848. The van der Waals surface area contributed by atoms with Crippen LogP contribution >= 0.6 is 24.8 Å². The van der Waals surface area contributed by atoms with Gasteiger partial charge in [-0.25, -0.2) is 4.39 Å². The van der Waals surface area contributed by atoms with Crippen molar-refractivity contribution in [3.05, 3.63) is 29.6 Å². The van der Waals surface area contributed by atoms with Crippen LogP contribution in [0.15, 0.2) is 18.2 Å². The van der Waals surface area contributed by atoms with E-state index in [1.807, 2.05) is 11.9 Å². The van der Waals surface area contributed by atoms with Gasteiger partial charge in [-0.05, 0) is 38.2 Å². The zero-order valence-corrected chi connectivity index (χ0v) is 16.4. The van der Waals surface area contributed by atoms with E-state index < -0.39 is 0 Å². The first-order valence-electron chi connectivity index (χ1n) is 8.11. The predicted molar refractivity (Wildman–Crippen MR) is 102 cm³/mol. The summed E-state index contributed by atoms with van der Waals surface area (Å²) in [5, 5.41) is 3.05. The molecule has 25 heavy (non-hydrogen) atoms. The SMILES string of the molecule is CNCCCC(=O)N1CCN(Cc2cc(F)ccc2OC)CC1.Cl.Cl. The zero-order valence-electron chi connectivity index (χ0n) is 14.8. The Morgan fingerprint density at radius 3 is 2.52 bits per heavy atom.